The van der Waals surface area contributed by atoms with Gasteiger partial charge < -0.3 is 47.1 Å². The largest absolute Gasteiger partial charge is 0.376 e. The number of likely N-dealkylation sites (N-methyl/N-ethyl adjacent to an activating group) is 1. The van der Waals surface area contributed by atoms with Crippen LogP contribution in [0.1, 0.15) is 124 Å². The number of nitrogens with two attached hydrogens (primary N) is 2. The van der Waals surface area contributed by atoms with E-state index in [0.29, 0.717) is 37.6 Å². The number of nitrogens with one attached hydrogen (secondary N) is 4. The van der Waals surface area contributed by atoms with Crippen LogP contribution in [0.25, 0.3) is 0 Å². The molecular formula is C40H71N7O7. The molecule has 3 aliphatic carbocycles. The van der Waals surface area contributed by atoms with Crippen molar-refractivity contribution in [3.8, 4) is 0 Å². The zero-order chi connectivity index (χ0) is 39.2. The molecule has 4 rings (SSSR count). The molecular weight excluding hydrogens is 690 g/mol. The van der Waals surface area contributed by atoms with Crippen LogP contribution in [0.5, 0.6) is 0 Å². The Bertz CT molecular complexity index is 1220. The van der Waals surface area contributed by atoms with Crippen LogP contribution < -0.4 is 32.7 Å². The van der Waals surface area contributed by atoms with Gasteiger partial charge in [0.2, 0.25) is 29.5 Å². The first-order valence-corrected chi connectivity index (χ1v) is 21.1. The van der Waals surface area contributed by atoms with Crippen molar-refractivity contribution in [2.45, 2.75) is 166 Å². The molecule has 8 N–H and O–H groups in total. The van der Waals surface area contributed by atoms with Crippen molar-refractivity contribution in [1.29, 1.82) is 0 Å². The first-order chi connectivity index (χ1) is 25.9. The van der Waals surface area contributed by atoms with Crippen molar-refractivity contribution in [3.63, 3.8) is 0 Å². The fourth-order valence-electron chi connectivity index (χ4n) is 8.70. The maximum Gasteiger partial charge on any atom is 0.245 e. The summed E-state index contributed by atoms with van der Waals surface area (Å²) >= 11 is 0. The highest BCUT2D eigenvalue weighted by Gasteiger charge is 2.39. The maximum atomic E-state index is 14.3. The molecule has 5 amide bonds. The van der Waals surface area contributed by atoms with Crippen LogP contribution in [-0.4, -0.2) is 110 Å². The third kappa shape index (κ3) is 12.6. The Morgan fingerprint density at radius 2 is 1.35 bits per heavy atom. The lowest BCUT2D eigenvalue weighted by Crippen LogP contribution is -2.62. The molecule has 0 unspecified atom stereocenters. The molecule has 4 fully saturated rings. The zero-order valence-corrected chi connectivity index (χ0v) is 33.5. The molecule has 0 aromatic carbocycles. The van der Waals surface area contributed by atoms with Gasteiger partial charge in [-0.3, -0.25) is 24.0 Å². The highest BCUT2D eigenvalue weighted by atomic mass is 16.5. The van der Waals surface area contributed by atoms with E-state index in [4.69, 9.17) is 20.9 Å². The van der Waals surface area contributed by atoms with Gasteiger partial charge in [-0.1, -0.05) is 78.1 Å². The van der Waals surface area contributed by atoms with Crippen LogP contribution in [0, 0.1) is 23.7 Å². The Labute approximate surface area is 323 Å². The van der Waals surface area contributed by atoms with Crippen molar-refractivity contribution in [2.75, 3.05) is 33.4 Å². The number of nitrogens with zero attached hydrogens (tertiary/aromatic N) is 1. The fourth-order valence-corrected chi connectivity index (χ4v) is 8.70. The first kappa shape index (κ1) is 43.9. The number of carbonyl (C=O) groups excluding carboxylic acids is 5. The quantitative estimate of drug-likeness (QED) is 0.180. The van der Waals surface area contributed by atoms with Gasteiger partial charge >= 0.3 is 0 Å². The van der Waals surface area contributed by atoms with Crippen LogP contribution in [0.3, 0.4) is 0 Å². The summed E-state index contributed by atoms with van der Waals surface area (Å²) in [6, 6.07) is -4.42. The zero-order valence-electron chi connectivity index (χ0n) is 33.5. The van der Waals surface area contributed by atoms with Gasteiger partial charge in [0.1, 0.15) is 24.2 Å². The van der Waals surface area contributed by atoms with Crippen LogP contribution in [0.2, 0.25) is 0 Å². The van der Waals surface area contributed by atoms with E-state index in [1.807, 2.05) is 20.8 Å². The molecule has 0 aromatic rings. The Morgan fingerprint density at radius 3 is 1.98 bits per heavy atom. The summed E-state index contributed by atoms with van der Waals surface area (Å²) in [6.45, 7) is 6.09. The first-order valence-electron chi connectivity index (χ1n) is 21.1. The second-order valence-electron chi connectivity index (χ2n) is 16.7. The Balaban J connectivity index is 1.65. The van der Waals surface area contributed by atoms with Crippen molar-refractivity contribution < 1.29 is 33.4 Å². The standard InChI is InChI=1S/C40H71N7O7/c1-5-13-33-38(50)46-35(29-16-11-6-7-12-17-29)39(51)44-31(22-42)36(48)45-32(24-53-30-18-28(19-30)21-41)37(49)43-25(2)23-54-34(26(3)40(52)47(33)4)20-27-14-9-8-10-15-27/h25-35H,5-24,41-42H2,1-4H3,(H,43,49)(H,44,51)(H,45,48)(H,46,50)/t25-,26-,28-,30-,31+,32+,33+,34-,35+/m1/s1. The van der Waals surface area contributed by atoms with E-state index < -0.39 is 65.9 Å². The molecule has 54 heavy (non-hydrogen) atoms. The Morgan fingerprint density at radius 1 is 0.741 bits per heavy atom. The monoisotopic (exact) mass is 762 g/mol. The topological polar surface area (TPSA) is 207 Å². The van der Waals surface area contributed by atoms with Crippen molar-refractivity contribution in [1.82, 2.24) is 26.2 Å². The average molecular weight is 762 g/mol. The van der Waals surface area contributed by atoms with E-state index in [1.165, 1.54) is 11.3 Å². The molecule has 14 heteroatoms. The van der Waals surface area contributed by atoms with Crippen molar-refractivity contribution in [2.24, 2.45) is 35.1 Å². The van der Waals surface area contributed by atoms with Gasteiger partial charge in [0.05, 0.1) is 31.3 Å². The number of hydrogen-bond donors (Lipinski definition) is 6. The molecule has 1 saturated heterocycles. The maximum absolute atomic E-state index is 14.3. The Kier molecular flexibility index (Phi) is 17.9. The van der Waals surface area contributed by atoms with E-state index in [2.05, 4.69) is 21.3 Å². The fraction of sp³-hybridized carbons (Fsp3) is 0.875. The molecule has 0 bridgehead atoms. The van der Waals surface area contributed by atoms with Crippen molar-refractivity contribution in [3.05, 3.63) is 0 Å². The summed E-state index contributed by atoms with van der Waals surface area (Å²) in [5, 5.41) is 11.6. The van der Waals surface area contributed by atoms with Crippen LogP contribution in [0.4, 0.5) is 0 Å². The lowest BCUT2D eigenvalue weighted by molar-refractivity contribution is -0.147. The molecule has 14 nitrogen and oxygen atoms in total. The minimum atomic E-state index is -1.16. The summed E-state index contributed by atoms with van der Waals surface area (Å²) in [4.78, 5) is 71.8. The third-order valence-electron chi connectivity index (χ3n) is 12.3. The second-order valence-corrected chi connectivity index (χ2v) is 16.7. The summed E-state index contributed by atoms with van der Waals surface area (Å²) in [7, 11) is 1.67. The van der Waals surface area contributed by atoms with E-state index in [0.717, 1.165) is 77.0 Å². The normalized spacial score (nSPS) is 33.9. The summed E-state index contributed by atoms with van der Waals surface area (Å²) in [5.74, 6) is -2.09. The van der Waals surface area contributed by atoms with Crippen LogP contribution >= 0.6 is 0 Å². The van der Waals surface area contributed by atoms with Gasteiger partial charge in [-0.15, -0.1) is 0 Å². The number of amides is 5. The molecule has 0 aromatic heterocycles. The third-order valence-corrected chi connectivity index (χ3v) is 12.3. The smallest absolute Gasteiger partial charge is 0.245 e. The molecule has 7 atom stereocenters. The summed E-state index contributed by atoms with van der Waals surface area (Å²) in [5.41, 5.74) is 11.9. The van der Waals surface area contributed by atoms with Crippen molar-refractivity contribution >= 4 is 29.5 Å². The minimum Gasteiger partial charge on any atom is -0.376 e. The predicted molar refractivity (Wildman–Crippen MR) is 207 cm³/mol. The molecule has 0 spiro atoms. The van der Waals surface area contributed by atoms with Gasteiger partial charge in [-0.25, -0.2) is 0 Å². The van der Waals surface area contributed by atoms with E-state index in [9.17, 15) is 24.0 Å². The van der Waals surface area contributed by atoms with Gasteiger partial charge in [-0.2, -0.15) is 0 Å². The van der Waals surface area contributed by atoms with Crippen LogP contribution in [-0.2, 0) is 33.4 Å². The molecule has 1 heterocycles. The van der Waals surface area contributed by atoms with E-state index in [-0.39, 0.29) is 37.7 Å². The van der Waals surface area contributed by atoms with Gasteiger partial charge in [0, 0.05) is 19.6 Å². The second kappa shape index (κ2) is 22.1. The molecule has 4 aliphatic rings. The predicted octanol–water partition coefficient (Wildman–Crippen LogP) is 2.26. The molecule has 1 aliphatic heterocycles. The summed E-state index contributed by atoms with van der Waals surface area (Å²) < 4.78 is 12.6. The van der Waals surface area contributed by atoms with E-state index in [1.54, 1.807) is 7.05 Å². The highest BCUT2D eigenvalue weighted by Crippen LogP contribution is 2.32. The lowest BCUT2D eigenvalue weighted by atomic mass is 9.82. The van der Waals surface area contributed by atoms with E-state index >= 15 is 0 Å². The summed E-state index contributed by atoms with van der Waals surface area (Å²) in [6.07, 6.45) is 13.9. The van der Waals surface area contributed by atoms with Gasteiger partial charge in [0.15, 0.2) is 0 Å². The van der Waals surface area contributed by atoms with Gasteiger partial charge in [-0.05, 0) is 69.7 Å². The highest BCUT2D eigenvalue weighted by molar-refractivity contribution is 5.96. The molecule has 3 saturated carbocycles. The van der Waals surface area contributed by atoms with Gasteiger partial charge in [0.25, 0.3) is 0 Å². The lowest BCUT2D eigenvalue weighted by Gasteiger charge is -2.35. The van der Waals surface area contributed by atoms with Crippen LogP contribution in [0.15, 0.2) is 0 Å². The number of carbonyl (C=O) groups is 5. The Hall–Kier alpha value is -2.81. The number of ether oxygens (including phenoxy) is 2. The molecule has 308 valence electrons. The average Bonchev–Trinajstić information content (AvgIpc) is 3.44. The molecule has 0 radical (unpaired) electrons. The number of rotatable bonds is 10. The number of hydrogen-bond acceptors (Lipinski definition) is 9. The minimum absolute atomic E-state index is 0.0656. The SMILES string of the molecule is CCC[C@H]1C(=O)N[C@@H](C2CCCCCC2)C(=O)N[C@@H](CN)C(=O)N[C@@H](CO[C@H]2C[C@H](CN)C2)C(=O)N[C@H](C)CO[C@H](CC2CCCCC2)[C@@H](C)C(=O)N1C.